The molecule has 1 amide bonds. The minimum absolute atomic E-state index is 0.0689. The highest BCUT2D eigenvalue weighted by Crippen LogP contribution is 2.33. The second kappa shape index (κ2) is 7.45. The van der Waals surface area contributed by atoms with Gasteiger partial charge in [-0.1, -0.05) is 0 Å². The van der Waals surface area contributed by atoms with Crippen molar-refractivity contribution in [1.82, 2.24) is 14.8 Å². The maximum atomic E-state index is 13.1. The molecule has 3 rings (SSSR count). The highest BCUT2D eigenvalue weighted by molar-refractivity contribution is 5.93. The zero-order valence-corrected chi connectivity index (χ0v) is 14.4. The van der Waals surface area contributed by atoms with Crippen molar-refractivity contribution in [3.8, 4) is 5.69 Å². The summed E-state index contributed by atoms with van der Waals surface area (Å²) in [4.78, 5) is 17.4. The van der Waals surface area contributed by atoms with Gasteiger partial charge < -0.3 is 10.2 Å². The van der Waals surface area contributed by atoms with Gasteiger partial charge in [0.25, 0.3) is 5.91 Å². The smallest absolute Gasteiger partial charge is 0.325 e. The third kappa shape index (κ3) is 4.21. The number of anilines is 1. The van der Waals surface area contributed by atoms with E-state index in [9.17, 15) is 18.0 Å². The van der Waals surface area contributed by atoms with Crippen LogP contribution in [0.1, 0.15) is 31.7 Å². The van der Waals surface area contributed by atoms with Crippen LogP contribution in [0.2, 0.25) is 0 Å². The highest BCUT2D eigenvalue weighted by atomic mass is 19.4. The molecule has 0 radical (unpaired) electrons. The third-order valence-corrected chi connectivity index (χ3v) is 4.73. The summed E-state index contributed by atoms with van der Waals surface area (Å²) in [5.74, 6) is -0.311. The Balaban J connectivity index is 1.83. The third-order valence-electron chi connectivity index (χ3n) is 4.73. The molecule has 1 aromatic carbocycles. The van der Waals surface area contributed by atoms with Crippen molar-refractivity contribution in [2.45, 2.75) is 38.4 Å². The van der Waals surface area contributed by atoms with Crippen molar-refractivity contribution in [3.63, 3.8) is 0 Å². The maximum Gasteiger partial charge on any atom is 0.416 e. The van der Waals surface area contributed by atoms with E-state index < -0.39 is 11.7 Å². The average Bonchev–Trinajstić information content (AvgIpc) is 3.10. The first-order valence-corrected chi connectivity index (χ1v) is 8.55. The summed E-state index contributed by atoms with van der Waals surface area (Å²) in [6.07, 6.45) is 1.42. The van der Waals surface area contributed by atoms with Crippen LogP contribution >= 0.6 is 0 Å². The molecule has 6 nitrogen and oxygen atoms in total. The van der Waals surface area contributed by atoms with Crippen molar-refractivity contribution in [2.24, 2.45) is 0 Å². The van der Waals surface area contributed by atoms with E-state index in [1.165, 1.54) is 23.4 Å². The fourth-order valence-corrected chi connectivity index (χ4v) is 3.26. The van der Waals surface area contributed by atoms with E-state index in [4.69, 9.17) is 0 Å². The number of nitrogens with one attached hydrogen (secondary N) is 2. The second-order valence-electron chi connectivity index (χ2n) is 6.60. The topological polar surface area (TPSA) is 64.2 Å². The molecule has 0 saturated carbocycles. The normalized spacial score (nSPS) is 20.8. The van der Waals surface area contributed by atoms with Gasteiger partial charge in [-0.2, -0.15) is 18.3 Å². The molecule has 0 bridgehead atoms. The van der Waals surface area contributed by atoms with Crippen molar-refractivity contribution in [1.29, 1.82) is 0 Å². The summed E-state index contributed by atoms with van der Waals surface area (Å²) >= 11 is 0. The molecule has 0 spiro atoms. The molecular formula is C17H21F3N5O+. The summed E-state index contributed by atoms with van der Waals surface area (Å²) in [5, 5.41) is 6.57. The predicted octanol–water partition coefficient (Wildman–Crippen LogP) is 1.68. The zero-order chi connectivity index (χ0) is 18.7. The van der Waals surface area contributed by atoms with Gasteiger partial charge in [0.15, 0.2) is 6.54 Å². The first-order chi connectivity index (χ1) is 12.3. The van der Waals surface area contributed by atoms with E-state index in [1.54, 1.807) is 0 Å². The Morgan fingerprint density at radius 1 is 1.38 bits per heavy atom. The van der Waals surface area contributed by atoms with Gasteiger partial charge in [-0.3, -0.25) is 4.79 Å². The molecule has 2 aromatic rings. The molecule has 26 heavy (non-hydrogen) atoms. The second-order valence-corrected chi connectivity index (χ2v) is 6.60. The lowest BCUT2D eigenvalue weighted by molar-refractivity contribution is -0.920. The molecule has 2 N–H and O–H groups in total. The van der Waals surface area contributed by atoms with Crippen molar-refractivity contribution >= 4 is 11.6 Å². The average molecular weight is 368 g/mol. The van der Waals surface area contributed by atoms with Gasteiger partial charge in [-0.15, -0.1) is 0 Å². The van der Waals surface area contributed by atoms with Crippen LogP contribution in [0.3, 0.4) is 0 Å². The quantitative estimate of drug-likeness (QED) is 0.863. The molecule has 2 heterocycles. The number of hydrogen-bond acceptors (Lipinski definition) is 3. The van der Waals surface area contributed by atoms with Crippen LogP contribution in [0.4, 0.5) is 18.9 Å². The number of nitrogens with zero attached hydrogens (tertiary/aromatic N) is 3. The van der Waals surface area contributed by atoms with Gasteiger partial charge in [0, 0.05) is 0 Å². The van der Waals surface area contributed by atoms with Crippen LogP contribution < -0.4 is 10.2 Å². The lowest BCUT2D eigenvalue weighted by atomic mass is 10.0. The Labute approximate surface area is 149 Å². The Morgan fingerprint density at radius 3 is 2.85 bits per heavy atom. The number of alkyl halides is 3. The molecule has 2 atom stereocenters. The van der Waals surface area contributed by atoms with Crippen LogP contribution in [0.15, 0.2) is 30.9 Å². The van der Waals surface area contributed by atoms with Crippen LogP contribution in [-0.2, 0) is 11.0 Å². The van der Waals surface area contributed by atoms with E-state index in [-0.39, 0.29) is 18.1 Å². The minimum Gasteiger partial charge on any atom is -0.325 e. The molecule has 9 heteroatoms. The number of aromatic nitrogens is 3. The molecule has 1 aromatic heterocycles. The van der Waals surface area contributed by atoms with E-state index >= 15 is 0 Å². The Bertz CT molecular complexity index is 760. The van der Waals surface area contributed by atoms with Gasteiger partial charge in [0.2, 0.25) is 0 Å². The lowest BCUT2D eigenvalue weighted by Gasteiger charge is -2.29. The van der Waals surface area contributed by atoms with Gasteiger partial charge in [-0.25, -0.2) is 9.67 Å². The van der Waals surface area contributed by atoms with Crippen LogP contribution in [0.25, 0.3) is 5.69 Å². The number of likely N-dealkylation sites (tertiary alicyclic amines) is 1. The minimum atomic E-state index is -4.49. The van der Waals surface area contributed by atoms with Crippen molar-refractivity contribution < 1.29 is 22.9 Å². The van der Waals surface area contributed by atoms with E-state index in [0.717, 1.165) is 42.8 Å². The number of benzene rings is 1. The number of halogens is 3. The monoisotopic (exact) mass is 368 g/mol. The van der Waals surface area contributed by atoms with E-state index in [0.29, 0.717) is 11.7 Å². The summed E-state index contributed by atoms with van der Waals surface area (Å²) < 4.78 is 40.5. The fraction of sp³-hybridized carbons (Fsp3) is 0.471. The summed E-state index contributed by atoms with van der Waals surface area (Å²) in [6.45, 7) is 3.22. The molecule has 0 aliphatic carbocycles. The number of piperidine rings is 1. The SMILES string of the molecule is C[C@@H]1CCCC[NH+]1CC(=O)Nc1cc(C(F)(F)F)ccc1-n1cncn1. The van der Waals surface area contributed by atoms with E-state index in [2.05, 4.69) is 22.3 Å². The zero-order valence-electron chi connectivity index (χ0n) is 14.4. The van der Waals surface area contributed by atoms with Crippen molar-refractivity contribution in [2.75, 3.05) is 18.4 Å². The molecular weight excluding hydrogens is 347 g/mol. The molecule has 1 saturated heterocycles. The largest absolute Gasteiger partial charge is 0.416 e. The molecule has 1 aliphatic rings. The number of amides is 1. The number of hydrogen-bond donors (Lipinski definition) is 2. The molecule has 1 aliphatic heterocycles. The first-order valence-electron chi connectivity index (χ1n) is 8.55. The van der Waals surface area contributed by atoms with Gasteiger partial charge >= 0.3 is 6.18 Å². The Hall–Kier alpha value is -2.42. The summed E-state index contributed by atoms with van der Waals surface area (Å²) in [6, 6.07) is 3.55. The van der Waals surface area contributed by atoms with Crippen LogP contribution in [0, 0.1) is 0 Å². The standard InChI is InChI=1S/C17H20F3N5O/c1-12-4-2-3-7-24(12)9-16(26)23-14-8-13(17(18,19)20)5-6-15(14)25-11-21-10-22-25/h5-6,8,10-12H,2-4,7,9H2,1H3,(H,23,26)/p+1/t12-/m1/s1. The number of carbonyl (C=O) groups is 1. The first kappa shape index (κ1) is 18.4. The Morgan fingerprint density at radius 2 is 2.19 bits per heavy atom. The number of quaternary nitrogens is 1. The fourth-order valence-electron chi connectivity index (χ4n) is 3.26. The van der Waals surface area contributed by atoms with Crippen LogP contribution in [-0.4, -0.2) is 39.8 Å². The maximum absolute atomic E-state index is 13.1. The van der Waals surface area contributed by atoms with Crippen LogP contribution in [0.5, 0.6) is 0 Å². The van der Waals surface area contributed by atoms with Gasteiger partial charge in [-0.05, 0) is 44.4 Å². The molecule has 140 valence electrons. The Kier molecular flexibility index (Phi) is 5.26. The van der Waals surface area contributed by atoms with Gasteiger partial charge in [0.1, 0.15) is 12.7 Å². The van der Waals surface area contributed by atoms with Gasteiger partial charge in [0.05, 0.1) is 29.5 Å². The summed E-state index contributed by atoms with van der Waals surface area (Å²) in [7, 11) is 0. The molecule has 1 unspecified atom stereocenters. The lowest BCUT2D eigenvalue weighted by Crippen LogP contribution is -3.17. The number of carbonyl (C=O) groups excluding carboxylic acids is 1. The summed E-state index contributed by atoms with van der Waals surface area (Å²) in [5.41, 5.74) is -0.416. The van der Waals surface area contributed by atoms with Crippen molar-refractivity contribution in [3.05, 3.63) is 36.4 Å². The molecule has 1 fully saturated rings. The van der Waals surface area contributed by atoms with E-state index in [1.807, 2.05) is 0 Å². The number of rotatable bonds is 4. The highest BCUT2D eigenvalue weighted by Gasteiger charge is 2.32. The predicted molar refractivity (Wildman–Crippen MR) is 89.0 cm³/mol.